The van der Waals surface area contributed by atoms with Crippen LogP contribution in [0.5, 0.6) is 0 Å². The number of anilines is 1. The zero-order chi connectivity index (χ0) is 24.7. The Bertz CT molecular complexity index is 1320. The van der Waals surface area contributed by atoms with Gasteiger partial charge in [-0.15, -0.1) is 0 Å². The van der Waals surface area contributed by atoms with E-state index in [9.17, 15) is 19.8 Å². The number of aromatic nitrogens is 6. The number of nitrogens with one attached hydrogen (secondary N) is 1. The fraction of sp³-hybridized carbons (Fsp3) is 0.550. The van der Waals surface area contributed by atoms with Crippen molar-refractivity contribution >= 4 is 17.0 Å². The second-order valence-electron chi connectivity index (χ2n) is 8.50. The minimum Gasteiger partial charge on any atom is -0.390 e. The first-order valence-electron chi connectivity index (χ1n) is 11.0. The Kier molecular flexibility index (Phi) is 6.35. The number of rotatable bonds is 7. The molecule has 0 amide bonds. The van der Waals surface area contributed by atoms with Crippen molar-refractivity contribution in [2.24, 2.45) is 0 Å². The number of hydrogen-bond donors (Lipinski definition) is 4. The Morgan fingerprint density at radius 3 is 2.34 bits per heavy atom. The molecule has 5 rings (SSSR count). The van der Waals surface area contributed by atoms with Crippen molar-refractivity contribution in [2.75, 3.05) is 18.9 Å². The van der Waals surface area contributed by atoms with Crippen LogP contribution in [0.4, 0.5) is 5.82 Å². The fourth-order valence-corrected chi connectivity index (χ4v) is 4.18. The van der Waals surface area contributed by atoms with Crippen LogP contribution in [0.25, 0.3) is 11.2 Å². The highest BCUT2D eigenvalue weighted by atomic mass is 17.2. The minimum atomic E-state index is -0.913. The Hall–Kier alpha value is -3.21. The quantitative estimate of drug-likeness (QED) is 0.170. The van der Waals surface area contributed by atoms with Gasteiger partial charge in [0.2, 0.25) is 0 Å². The van der Waals surface area contributed by atoms with E-state index in [0.29, 0.717) is 16.7 Å². The number of aryl methyl sites for hydroxylation is 1. The number of nitrogens with two attached hydrogens (primary N) is 1. The Morgan fingerprint density at radius 1 is 1.06 bits per heavy atom. The molecule has 0 aliphatic carbocycles. The maximum atomic E-state index is 12.1. The molecule has 15 heteroatoms. The Labute approximate surface area is 197 Å². The van der Waals surface area contributed by atoms with E-state index < -0.39 is 48.1 Å². The van der Waals surface area contributed by atoms with E-state index >= 15 is 0 Å². The lowest BCUT2D eigenvalue weighted by Crippen LogP contribution is -2.33. The number of imidazole rings is 1. The molecular formula is C20H25N7O8. The summed E-state index contributed by atoms with van der Waals surface area (Å²) >= 11 is 0. The van der Waals surface area contributed by atoms with Crippen LogP contribution < -0.4 is 17.0 Å². The Morgan fingerprint density at radius 2 is 1.69 bits per heavy atom. The van der Waals surface area contributed by atoms with Crippen molar-refractivity contribution in [1.82, 2.24) is 29.1 Å². The molecule has 188 valence electrons. The maximum Gasteiger partial charge on any atom is 0.330 e. The van der Waals surface area contributed by atoms with Crippen molar-refractivity contribution in [1.29, 1.82) is 0 Å². The van der Waals surface area contributed by atoms with Gasteiger partial charge >= 0.3 is 5.69 Å². The second-order valence-corrected chi connectivity index (χ2v) is 8.50. The van der Waals surface area contributed by atoms with Crippen LogP contribution in [0.3, 0.4) is 0 Å². The molecule has 3 aromatic heterocycles. The molecule has 0 spiro atoms. The van der Waals surface area contributed by atoms with Gasteiger partial charge in [-0.05, 0) is 6.92 Å². The van der Waals surface area contributed by atoms with Gasteiger partial charge in [0, 0.05) is 24.6 Å². The van der Waals surface area contributed by atoms with Gasteiger partial charge in [-0.2, -0.15) is 0 Å². The normalized spacial score (nSPS) is 28.8. The number of hydrogen-bond acceptors (Lipinski definition) is 12. The van der Waals surface area contributed by atoms with Gasteiger partial charge in [0.05, 0.1) is 18.5 Å². The number of fused-ring (bicyclic) bond motifs is 1. The minimum absolute atomic E-state index is 0.0771. The standard InChI is InChI=1S/C20H25N7O8/c1-9-4-26(20(31)25-19(9)30)14-2-10(28)12(34-14)5-32-33-6-13-11(29)3-15(35-13)27-8-24-16-17(21)22-7-23-18(16)27/h4,7-8,10-15,28-29H,2-3,5-6H2,1H3,(H2,21,22,23)(H,25,30,31)/t10-,11-,12+,13+,14+,15+/m0/s1. The van der Waals surface area contributed by atoms with Crippen LogP contribution in [-0.2, 0) is 19.2 Å². The van der Waals surface area contributed by atoms with Crippen LogP contribution >= 0.6 is 0 Å². The molecule has 2 saturated heterocycles. The monoisotopic (exact) mass is 491 g/mol. The van der Waals surface area contributed by atoms with Gasteiger partial charge in [-0.3, -0.25) is 18.9 Å². The van der Waals surface area contributed by atoms with Crippen LogP contribution in [-0.4, -0.2) is 76.9 Å². The van der Waals surface area contributed by atoms with E-state index in [1.807, 2.05) is 0 Å². The summed E-state index contributed by atoms with van der Waals surface area (Å²) in [5.41, 5.74) is 5.99. The molecular weight excluding hydrogens is 466 g/mol. The number of nitrogens with zero attached hydrogens (tertiary/aromatic N) is 5. The molecule has 3 aromatic rings. The fourth-order valence-electron chi connectivity index (χ4n) is 4.18. The SMILES string of the molecule is Cc1cn([C@H]2C[C@H](O)[C@@H](COOC[C@H]3O[C@@H](n4cnc5c(N)ncnc54)C[C@@H]3O)O2)c(=O)[nH]c1=O. The number of aliphatic hydroxyl groups is 2. The van der Waals surface area contributed by atoms with E-state index in [4.69, 9.17) is 25.0 Å². The second kappa shape index (κ2) is 9.44. The maximum absolute atomic E-state index is 12.1. The van der Waals surface area contributed by atoms with Crippen LogP contribution in [0.1, 0.15) is 30.9 Å². The smallest absolute Gasteiger partial charge is 0.330 e. The lowest BCUT2D eigenvalue weighted by Gasteiger charge is -2.18. The zero-order valence-corrected chi connectivity index (χ0v) is 18.7. The van der Waals surface area contributed by atoms with Crippen molar-refractivity contribution < 1.29 is 29.5 Å². The third kappa shape index (κ3) is 4.56. The molecule has 35 heavy (non-hydrogen) atoms. The number of H-pyrrole nitrogens is 1. The van der Waals surface area contributed by atoms with Crippen LogP contribution in [0.2, 0.25) is 0 Å². The van der Waals surface area contributed by atoms with E-state index in [-0.39, 0.29) is 31.9 Å². The third-order valence-corrected chi connectivity index (χ3v) is 6.11. The summed E-state index contributed by atoms with van der Waals surface area (Å²) in [4.78, 5) is 48.5. The molecule has 6 atom stereocenters. The molecule has 5 N–H and O–H groups in total. The molecule has 2 aliphatic heterocycles. The van der Waals surface area contributed by atoms with Crippen LogP contribution in [0, 0.1) is 6.92 Å². The lowest BCUT2D eigenvalue weighted by atomic mass is 10.2. The van der Waals surface area contributed by atoms with Gasteiger partial charge in [0.1, 0.15) is 49.7 Å². The highest BCUT2D eigenvalue weighted by molar-refractivity contribution is 5.81. The predicted octanol–water partition coefficient (Wildman–Crippen LogP) is -1.49. The van der Waals surface area contributed by atoms with Gasteiger partial charge in [0.25, 0.3) is 5.56 Å². The molecule has 5 heterocycles. The summed E-state index contributed by atoms with van der Waals surface area (Å²) in [6.07, 6.45) is 0.190. The van der Waals surface area contributed by atoms with Gasteiger partial charge in [-0.1, -0.05) is 0 Å². The van der Waals surface area contributed by atoms with Gasteiger partial charge < -0.3 is 25.4 Å². The topological polar surface area (TPSA) is 202 Å². The third-order valence-electron chi connectivity index (χ3n) is 6.11. The average Bonchev–Trinajstić information content (AvgIpc) is 3.51. The molecule has 0 radical (unpaired) electrons. The number of aliphatic hydroxyl groups excluding tert-OH is 2. The van der Waals surface area contributed by atoms with E-state index in [2.05, 4.69) is 19.9 Å². The number of aromatic amines is 1. The van der Waals surface area contributed by atoms with Crippen molar-refractivity contribution in [3.63, 3.8) is 0 Å². The first-order chi connectivity index (χ1) is 16.8. The van der Waals surface area contributed by atoms with E-state index in [1.165, 1.54) is 23.4 Å². The Balaban J connectivity index is 1.12. The van der Waals surface area contributed by atoms with E-state index in [0.717, 1.165) is 0 Å². The molecule has 2 fully saturated rings. The van der Waals surface area contributed by atoms with E-state index in [1.54, 1.807) is 11.5 Å². The number of ether oxygens (including phenoxy) is 2. The van der Waals surface area contributed by atoms with Crippen molar-refractivity contribution in [3.05, 3.63) is 45.3 Å². The molecule has 0 aromatic carbocycles. The molecule has 0 unspecified atom stereocenters. The van der Waals surface area contributed by atoms with Crippen LogP contribution in [0.15, 0.2) is 28.4 Å². The summed E-state index contributed by atoms with van der Waals surface area (Å²) in [6, 6.07) is 0. The molecule has 0 bridgehead atoms. The summed E-state index contributed by atoms with van der Waals surface area (Å²) in [5.74, 6) is 0.250. The summed E-state index contributed by atoms with van der Waals surface area (Å²) < 4.78 is 14.5. The van der Waals surface area contributed by atoms with Crippen molar-refractivity contribution in [3.8, 4) is 0 Å². The summed E-state index contributed by atoms with van der Waals surface area (Å²) in [7, 11) is 0. The first-order valence-corrected chi connectivity index (χ1v) is 11.0. The van der Waals surface area contributed by atoms with Crippen molar-refractivity contribution in [2.45, 2.75) is 56.6 Å². The summed E-state index contributed by atoms with van der Waals surface area (Å²) in [6.45, 7) is 1.37. The average molecular weight is 491 g/mol. The lowest BCUT2D eigenvalue weighted by molar-refractivity contribution is -0.323. The molecule has 15 nitrogen and oxygen atoms in total. The summed E-state index contributed by atoms with van der Waals surface area (Å²) in [5, 5.41) is 20.7. The largest absolute Gasteiger partial charge is 0.390 e. The van der Waals surface area contributed by atoms with Gasteiger partial charge in [0.15, 0.2) is 11.5 Å². The zero-order valence-electron chi connectivity index (χ0n) is 18.7. The number of nitrogen functional groups attached to an aromatic ring is 1. The molecule has 2 aliphatic rings. The van der Waals surface area contributed by atoms with Gasteiger partial charge in [-0.25, -0.2) is 29.5 Å². The highest BCUT2D eigenvalue weighted by Gasteiger charge is 2.38. The molecule has 0 saturated carbocycles. The first kappa shape index (κ1) is 23.5. The predicted molar refractivity (Wildman–Crippen MR) is 117 cm³/mol. The highest BCUT2D eigenvalue weighted by Crippen LogP contribution is 2.32.